The fourth-order valence-electron chi connectivity index (χ4n) is 3.24. The summed E-state index contributed by atoms with van der Waals surface area (Å²) in [4.78, 5) is 29.8. The molecule has 0 aliphatic heterocycles. The second-order valence-electron chi connectivity index (χ2n) is 7.03. The van der Waals surface area contributed by atoms with E-state index in [1.165, 1.54) is 17.4 Å². The van der Waals surface area contributed by atoms with Crippen LogP contribution in [0.15, 0.2) is 75.3 Å². The largest absolute Gasteiger partial charge is 0.451 e. The molecule has 1 N–H and O–H groups in total. The van der Waals surface area contributed by atoms with E-state index in [0.29, 0.717) is 32.6 Å². The fraction of sp³-hybridized carbons (Fsp3) is 0.0435. The summed E-state index contributed by atoms with van der Waals surface area (Å²) in [5, 5.41) is 10.8. The third-order valence-electron chi connectivity index (χ3n) is 4.74. The Hall–Kier alpha value is -3.75. The van der Waals surface area contributed by atoms with E-state index < -0.39 is 5.91 Å². The number of carbonyl (C=O) groups excluding carboxylic acids is 1. The van der Waals surface area contributed by atoms with E-state index in [0.717, 1.165) is 11.3 Å². The molecule has 7 nitrogen and oxygen atoms in total. The molecule has 0 radical (unpaired) electrons. The van der Waals surface area contributed by atoms with Gasteiger partial charge in [0.1, 0.15) is 11.4 Å². The summed E-state index contributed by atoms with van der Waals surface area (Å²) in [5.74, 6) is -0.219. The van der Waals surface area contributed by atoms with Gasteiger partial charge in [0.2, 0.25) is 5.13 Å². The van der Waals surface area contributed by atoms with Crippen LogP contribution in [-0.4, -0.2) is 20.7 Å². The van der Waals surface area contributed by atoms with Crippen molar-refractivity contribution < 1.29 is 9.21 Å². The Kier molecular flexibility index (Phi) is 5.08. The molecule has 5 rings (SSSR count). The molecule has 1 amide bonds. The Labute approximate surface area is 190 Å². The van der Waals surface area contributed by atoms with Crippen molar-refractivity contribution >= 4 is 45.6 Å². The van der Waals surface area contributed by atoms with E-state index in [1.807, 2.05) is 24.4 Å². The quantitative estimate of drug-likeness (QED) is 0.390. The van der Waals surface area contributed by atoms with Gasteiger partial charge in [-0.1, -0.05) is 35.9 Å². The molecule has 0 saturated carbocycles. The van der Waals surface area contributed by atoms with E-state index in [4.69, 9.17) is 16.0 Å². The lowest BCUT2D eigenvalue weighted by molar-refractivity contribution is 0.0996. The molecule has 0 fully saturated rings. The van der Waals surface area contributed by atoms with Crippen molar-refractivity contribution in [2.24, 2.45) is 0 Å². The molecular weight excluding hydrogens is 448 g/mol. The fourth-order valence-corrected chi connectivity index (χ4v) is 4.16. The molecule has 32 heavy (non-hydrogen) atoms. The zero-order chi connectivity index (χ0) is 22.2. The van der Waals surface area contributed by atoms with Crippen molar-refractivity contribution in [3.8, 4) is 16.4 Å². The number of carbonyl (C=O) groups is 1. The maximum absolute atomic E-state index is 12.8. The number of benzene rings is 2. The Morgan fingerprint density at radius 2 is 1.91 bits per heavy atom. The number of aryl methyl sites for hydroxylation is 1. The number of aromatic nitrogens is 3. The highest BCUT2D eigenvalue weighted by atomic mass is 35.5. The van der Waals surface area contributed by atoms with Crippen LogP contribution in [0.5, 0.6) is 0 Å². The SMILES string of the molecule is Cc1cc(NC(=O)c2cc(=O)c3ccccc3o2)n(-c2nc(-c3ccc(Cl)cc3)cs2)n1. The van der Waals surface area contributed by atoms with Gasteiger partial charge in [-0.25, -0.2) is 4.98 Å². The molecule has 3 heterocycles. The first-order valence-electron chi connectivity index (χ1n) is 9.61. The molecule has 0 bridgehead atoms. The van der Waals surface area contributed by atoms with Gasteiger partial charge in [-0.3, -0.25) is 9.59 Å². The molecule has 3 aromatic heterocycles. The lowest BCUT2D eigenvalue weighted by Gasteiger charge is -2.06. The number of thiazole rings is 1. The lowest BCUT2D eigenvalue weighted by atomic mass is 10.2. The third-order valence-corrected chi connectivity index (χ3v) is 5.81. The molecule has 0 saturated heterocycles. The third kappa shape index (κ3) is 3.81. The number of anilines is 1. The van der Waals surface area contributed by atoms with Crippen molar-refractivity contribution in [2.75, 3.05) is 5.32 Å². The average Bonchev–Trinajstić information content (AvgIpc) is 3.41. The van der Waals surface area contributed by atoms with Crippen LogP contribution in [0.2, 0.25) is 5.02 Å². The van der Waals surface area contributed by atoms with Crippen LogP contribution in [0.4, 0.5) is 5.82 Å². The van der Waals surface area contributed by atoms with Crippen molar-refractivity contribution in [2.45, 2.75) is 6.92 Å². The summed E-state index contributed by atoms with van der Waals surface area (Å²) in [6.07, 6.45) is 0. The van der Waals surface area contributed by atoms with Gasteiger partial charge in [0.05, 0.1) is 16.8 Å². The summed E-state index contributed by atoms with van der Waals surface area (Å²) < 4.78 is 7.19. The summed E-state index contributed by atoms with van der Waals surface area (Å²) in [5.41, 5.74) is 2.46. The van der Waals surface area contributed by atoms with Gasteiger partial charge in [-0.15, -0.1) is 11.3 Å². The maximum Gasteiger partial charge on any atom is 0.292 e. The monoisotopic (exact) mass is 462 g/mol. The van der Waals surface area contributed by atoms with Crippen LogP contribution in [0.3, 0.4) is 0 Å². The highest BCUT2D eigenvalue weighted by Crippen LogP contribution is 2.27. The Morgan fingerprint density at radius 3 is 2.72 bits per heavy atom. The normalized spacial score (nSPS) is 11.1. The van der Waals surface area contributed by atoms with Crippen molar-refractivity contribution in [1.29, 1.82) is 0 Å². The van der Waals surface area contributed by atoms with E-state index >= 15 is 0 Å². The molecular formula is C23H15ClN4O3S. The molecule has 0 unspecified atom stereocenters. The number of rotatable bonds is 4. The minimum Gasteiger partial charge on any atom is -0.451 e. The van der Waals surface area contributed by atoms with Crippen LogP contribution < -0.4 is 10.7 Å². The molecule has 158 valence electrons. The predicted molar refractivity (Wildman–Crippen MR) is 125 cm³/mol. The second kappa shape index (κ2) is 8.07. The first kappa shape index (κ1) is 20.2. The Balaban J connectivity index is 1.46. The zero-order valence-electron chi connectivity index (χ0n) is 16.7. The van der Waals surface area contributed by atoms with Crippen LogP contribution in [0, 0.1) is 6.92 Å². The number of amides is 1. The number of hydrogen-bond acceptors (Lipinski definition) is 6. The van der Waals surface area contributed by atoms with Gasteiger partial charge in [0.15, 0.2) is 11.2 Å². The van der Waals surface area contributed by atoms with Crippen molar-refractivity contribution in [1.82, 2.24) is 14.8 Å². The van der Waals surface area contributed by atoms with Crippen molar-refractivity contribution in [3.63, 3.8) is 0 Å². The number of halogens is 1. The van der Waals surface area contributed by atoms with Crippen LogP contribution in [-0.2, 0) is 0 Å². The summed E-state index contributed by atoms with van der Waals surface area (Å²) in [6, 6.07) is 17.1. The Bertz CT molecular complexity index is 1520. The summed E-state index contributed by atoms with van der Waals surface area (Å²) in [7, 11) is 0. The second-order valence-corrected chi connectivity index (χ2v) is 8.30. The first-order valence-corrected chi connectivity index (χ1v) is 10.9. The van der Waals surface area contributed by atoms with Gasteiger partial charge >= 0.3 is 0 Å². The van der Waals surface area contributed by atoms with Crippen molar-refractivity contribution in [3.05, 3.63) is 92.7 Å². The van der Waals surface area contributed by atoms with E-state index in [2.05, 4.69) is 15.4 Å². The lowest BCUT2D eigenvalue weighted by Crippen LogP contribution is -2.17. The summed E-state index contributed by atoms with van der Waals surface area (Å²) >= 11 is 7.35. The highest BCUT2D eigenvalue weighted by Gasteiger charge is 2.18. The number of fused-ring (bicyclic) bond motifs is 1. The van der Waals surface area contributed by atoms with Crippen LogP contribution in [0.25, 0.3) is 27.4 Å². The minimum atomic E-state index is -0.552. The smallest absolute Gasteiger partial charge is 0.292 e. The molecule has 0 atom stereocenters. The molecule has 9 heteroatoms. The number of para-hydroxylation sites is 1. The first-order chi connectivity index (χ1) is 15.5. The van der Waals surface area contributed by atoms with E-state index in [9.17, 15) is 9.59 Å². The minimum absolute atomic E-state index is 0.0832. The van der Waals surface area contributed by atoms with E-state index in [-0.39, 0.29) is 11.2 Å². The molecule has 2 aromatic carbocycles. The molecule has 0 aliphatic rings. The number of nitrogens with zero attached hydrogens (tertiary/aromatic N) is 3. The van der Waals surface area contributed by atoms with Gasteiger partial charge in [-0.2, -0.15) is 9.78 Å². The molecule has 5 aromatic rings. The van der Waals surface area contributed by atoms with Gasteiger partial charge in [-0.05, 0) is 31.2 Å². The molecule has 0 aliphatic carbocycles. The maximum atomic E-state index is 12.8. The highest BCUT2D eigenvalue weighted by molar-refractivity contribution is 7.12. The van der Waals surface area contributed by atoms with E-state index in [1.54, 1.807) is 47.1 Å². The van der Waals surface area contributed by atoms with Crippen LogP contribution >= 0.6 is 22.9 Å². The topological polar surface area (TPSA) is 90.0 Å². The number of nitrogens with one attached hydrogen (secondary N) is 1. The number of hydrogen-bond donors (Lipinski definition) is 1. The summed E-state index contributed by atoms with van der Waals surface area (Å²) in [6.45, 7) is 1.82. The standard InChI is InChI=1S/C23H15ClN4O3S/c1-13-10-21(26-22(30)20-11-18(29)16-4-2-3-5-19(16)31-20)28(27-13)23-25-17(12-32-23)14-6-8-15(24)9-7-14/h2-12H,1H3,(H,26,30). The van der Waals surface area contributed by atoms with Gasteiger partial charge < -0.3 is 9.73 Å². The Morgan fingerprint density at radius 1 is 1.12 bits per heavy atom. The van der Waals surface area contributed by atoms with Gasteiger partial charge in [0, 0.05) is 28.1 Å². The molecule has 0 spiro atoms. The van der Waals surface area contributed by atoms with Gasteiger partial charge in [0.25, 0.3) is 5.91 Å². The zero-order valence-corrected chi connectivity index (χ0v) is 18.3. The van der Waals surface area contributed by atoms with Crippen LogP contribution in [0.1, 0.15) is 16.2 Å². The predicted octanol–water partition coefficient (Wildman–Crippen LogP) is 5.32. The average molecular weight is 463 g/mol.